The molecule has 5 nitrogen and oxygen atoms in total. The van der Waals surface area contributed by atoms with E-state index in [-0.39, 0.29) is 29.4 Å². The Morgan fingerprint density at radius 2 is 1.54 bits per heavy atom. The predicted molar refractivity (Wildman–Crippen MR) is 156 cm³/mol. The van der Waals surface area contributed by atoms with E-state index in [9.17, 15) is 19.7 Å². The van der Waals surface area contributed by atoms with Gasteiger partial charge >= 0.3 is 0 Å². The molecule has 1 fully saturated rings. The summed E-state index contributed by atoms with van der Waals surface area (Å²) in [6.45, 7) is 0. The number of rotatable bonds is 8. The molecule has 0 radical (unpaired) electrons. The second-order valence-corrected chi connectivity index (χ2v) is 10.3. The van der Waals surface area contributed by atoms with Gasteiger partial charge in [-0.3, -0.25) is 0 Å². The van der Waals surface area contributed by atoms with Gasteiger partial charge in [-0.1, -0.05) is 54.6 Å². The van der Waals surface area contributed by atoms with Crippen LogP contribution in [0.1, 0.15) is 42.5 Å². The van der Waals surface area contributed by atoms with Crippen LogP contribution in [0, 0.1) is 5.82 Å². The summed E-state index contributed by atoms with van der Waals surface area (Å²) in [5, 5.41) is 32.1. The van der Waals surface area contributed by atoms with Crippen LogP contribution in [-0.2, 0) is 0 Å². The number of aliphatic hydroxyl groups excluding tert-OH is 1. The molecule has 1 aliphatic rings. The molecule has 1 aliphatic heterocycles. The summed E-state index contributed by atoms with van der Waals surface area (Å²) in [5.74, 6) is -0.344. The van der Waals surface area contributed by atoms with Crippen molar-refractivity contribution in [3.63, 3.8) is 0 Å². The maximum atomic E-state index is 13.3. The highest BCUT2D eigenvalue weighted by molar-refractivity contribution is 7.80. The van der Waals surface area contributed by atoms with Gasteiger partial charge in [0, 0.05) is 24.4 Å². The number of phenols is 2. The zero-order valence-electron chi connectivity index (χ0n) is 21.6. The van der Waals surface area contributed by atoms with E-state index in [2.05, 4.69) is 29.2 Å². The minimum Gasteiger partial charge on any atom is -0.508 e. The van der Waals surface area contributed by atoms with E-state index in [0.29, 0.717) is 35.5 Å². The number of halogens is 1. The van der Waals surface area contributed by atoms with E-state index in [4.69, 9.17) is 12.2 Å². The van der Waals surface area contributed by atoms with Gasteiger partial charge in [0.15, 0.2) is 5.11 Å². The number of hydrogen-bond donors (Lipinski definition) is 3. The minimum absolute atomic E-state index is 0.000326. The van der Waals surface area contributed by atoms with Crippen molar-refractivity contribution in [1.29, 1.82) is 0 Å². The Bertz CT molecular complexity index is 1430. The number of aliphatic hydroxyl groups is 1. The van der Waals surface area contributed by atoms with Crippen LogP contribution in [0.2, 0.25) is 0 Å². The van der Waals surface area contributed by atoms with Gasteiger partial charge in [0.1, 0.15) is 17.3 Å². The van der Waals surface area contributed by atoms with Gasteiger partial charge in [0.05, 0.1) is 18.2 Å². The van der Waals surface area contributed by atoms with Crippen molar-refractivity contribution < 1.29 is 19.7 Å². The topological polar surface area (TPSA) is 67.2 Å². The lowest BCUT2D eigenvalue weighted by molar-refractivity contribution is 0.159. The molecule has 1 saturated heterocycles. The number of phenolic OH excluding ortho intramolecular Hbond substituents is 2. The van der Waals surface area contributed by atoms with Crippen LogP contribution in [0.5, 0.6) is 11.5 Å². The summed E-state index contributed by atoms with van der Waals surface area (Å²) in [6, 6.07) is 28.5. The highest BCUT2D eigenvalue weighted by Crippen LogP contribution is 2.44. The van der Waals surface area contributed by atoms with Crippen molar-refractivity contribution >= 4 is 23.0 Å². The van der Waals surface area contributed by atoms with Crippen molar-refractivity contribution in [2.24, 2.45) is 0 Å². The molecule has 4 aromatic carbocycles. The van der Waals surface area contributed by atoms with Crippen LogP contribution >= 0.6 is 12.2 Å². The molecule has 7 heteroatoms. The molecule has 0 aliphatic carbocycles. The van der Waals surface area contributed by atoms with Crippen molar-refractivity contribution in [3.8, 4) is 22.6 Å². The van der Waals surface area contributed by atoms with Crippen LogP contribution in [0.4, 0.5) is 10.1 Å². The highest BCUT2D eigenvalue weighted by atomic mass is 32.1. The molecular formula is C32H31FN2O3S. The number of aromatic hydroxyl groups is 2. The number of likely N-dealkylation sites (N-methyl/N-ethyl adjacent to an activating group) is 1. The van der Waals surface area contributed by atoms with Crippen molar-refractivity contribution in [3.05, 3.63) is 114 Å². The Kier molecular flexibility index (Phi) is 7.82. The Morgan fingerprint density at radius 3 is 2.21 bits per heavy atom. The van der Waals surface area contributed by atoms with E-state index in [1.165, 1.54) is 18.2 Å². The van der Waals surface area contributed by atoms with Gasteiger partial charge in [0.25, 0.3) is 0 Å². The van der Waals surface area contributed by atoms with Crippen molar-refractivity contribution in [2.45, 2.75) is 37.5 Å². The molecule has 3 atom stereocenters. The van der Waals surface area contributed by atoms with E-state index in [0.717, 1.165) is 16.8 Å². The van der Waals surface area contributed by atoms with Crippen molar-refractivity contribution in [1.82, 2.24) is 4.90 Å². The third-order valence-electron chi connectivity index (χ3n) is 7.47. The minimum atomic E-state index is -0.702. The monoisotopic (exact) mass is 542 g/mol. The first-order chi connectivity index (χ1) is 18.8. The molecule has 0 amide bonds. The summed E-state index contributed by atoms with van der Waals surface area (Å²) in [6.07, 6.45) is 1.18. The fourth-order valence-corrected chi connectivity index (χ4v) is 5.74. The SMILES string of the molecule is CN1C(=S)N(c2ccc(-c3ccccc3)cc2)[C@H](c2ccc(O)cc2O)[C@H]1CCC[C@@H](O)c1ccc(F)cc1. The zero-order chi connectivity index (χ0) is 27.5. The van der Waals surface area contributed by atoms with Gasteiger partial charge in [-0.15, -0.1) is 0 Å². The lowest BCUT2D eigenvalue weighted by Gasteiger charge is -2.29. The van der Waals surface area contributed by atoms with Gasteiger partial charge in [-0.2, -0.15) is 0 Å². The molecule has 39 heavy (non-hydrogen) atoms. The Morgan fingerprint density at radius 1 is 0.872 bits per heavy atom. The molecule has 0 saturated carbocycles. The molecule has 200 valence electrons. The Balaban J connectivity index is 1.42. The molecule has 0 unspecified atom stereocenters. The van der Waals surface area contributed by atoms with Crippen molar-refractivity contribution in [2.75, 3.05) is 11.9 Å². The molecular weight excluding hydrogens is 511 g/mol. The van der Waals surface area contributed by atoms with Gasteiger partial charge < -0.3 is 25.1 Å². The number of thiocarbonyl (C=S) groups is 1. The predicted octanol–water partition coefficient (Wildman–Crippen LogP) is 6.95. The van der Waals surface area contributed by atoms with Crippen LogP contribution in [-0.4, -0.2) is 38.4 Å². The third-order valence-corrected chi connectivity index (χ3v) is 7.95. The number of anilines is 1. The molecule has 1 heterocycles. The summed E-state index contributed by atoms with van der Waals surface area (Å²) >= 11 is 5.92. The van der Waals surface area contributed by atoms with Gasteiger partial charge in [-0.25, -0.2) is 4.39 Å². The first-order valence-corrected chi connectivity index (χ1v) is 13.4. The van der Waals surface area contributed by atoms with E-state index in [1.807, 2.05) is 42.3 Å². The lowest BCUT2D eigenvalue weighted by Crippen LogP contribution is -2.30. The third kappa shape index (κ3) is 5.60. The molecule has 3 N–H and O–H groups in total. The maximum absolute atomic E-state index is 13.3. The molecule has 5 rings (SSSR count). The second-order valence-electron chi connectivity index (χ2n) is 9.93. The Labute approximate surface area is 233 Å². The van der Waals surface area contributed by atoms with Crippen LogP contribution in [0.3, 0.4) is 0 Å². The molecule has 0 spiro atoms. The number of hydrogen-bond acceptors (Lipinski definition) is 4. The van der Waals surface area contributed by atoms with Crippen LogP contribution in [0.15, 0.2) is 97.1 Å². The summed E-state index contributed by atoms with van der Waals surface area (Å²) in [7, 11) is 1.95. The lowest BCUT2D eigenvalue weighted by atomic mass is 9.92. The number of nitrogens with zero attached hydrogens (tertiary/aromatic N) is 2. The second kappa shape index (κ2) is 11.4. The molecule has 0 bridgehead atoms. The van der Waals surface area contributed by atoms with E-state index < -0.39 is 6.10 Å². The standard InChI is InChI=1S/C32H31FN2O3S/c1-34-28(8-5-9-29(37)23-10-14-24(33)15-11-23)31(27-19-18-26(36)20-30(27)38)35(32(34)39)25-16-12-22(13-17-25)21-6-3-2-4-7-21/h2-4,6-7,10-20,28-29,31,36-38H,5,8-9H2,1H3/t28-,29-,31-/m1/s1. The first-order valence-electron chi connectivity index (χ1n) is 13.0. The van der Waals surface area contributed by atoms with Crippen LogP contribution < -0.4 is 4.90 Å². The highest BCUT2D eigenvalue weighted by Gasteiger charge is 2.43. The fraction of sp³-hybridized carbons (Fsp3) is 0.219. The summed E-state index contributed by atoms with van der Waals surface area (Å²) in [5.41, 5.74) is 4.46. The van der Waals surface area contributed by atoms with E-state index in [1.54, 1.807) is 24.3 Å². The average Bonchev–Trinajstić information content (AvgIpc) is 3.19. The Hall–Kier alpha value is -3.94. The van der Waals surface area contributed by atoms with E-state index >= 15 is 0 Å². The molecule has 4 aromatic rings. The average molecular weight is 543 g/mol. The fourth-order valence-electron chi connectivity index (χ4n) is 5.38. The normalized spacial score (nSPS) is 18.0. The summed E-state index contributed by atoms with van der Waals surface area (Å²) in [4.78, 5) is 4.10. The van der Waals surface area contributed by atoms with Gasteiger partial charge in [-0.05, 0) is 84.6 Å². The quantitative estimate of drug-likeness (QED) is 0.209. The first kappa shape index (κ1) is 26.7. The summed E-state index contributed by atoms with van der Waals surface area (Å²) < 4.78 is 13.3. The number of benzene rings is 4. The van der Waals surface area contributed by atoms with Gasteiger partial charge in [0.2, 0.25) is 0 Å². The zero-order valence-corrected chi connectivity index (χ0v) is 22.4. The van der Waals surface area contributed by atoms with Crippen LogP contribution in [0.25, 0.3) is 11.1 Å². The maximum Gasteiger partial charge on any atom is 0.176 e. The smallest absolute Gasteiger partial charge is 0.176 e. The molecule has 0 aromatic heterocycles. The largest absolute Gasteiger partial charge is 0.508 e.